The molecule has 0 heterocycles. The monoisotopic (exact) mass is 246 g/mol. The van der Waals surface area contributed by atoms with Gasteiger partial charge in [-0.1, -0.05) is 0 Å². The number of rotatable bonds is 4. The standard InChI is InChI=1S/C10H14O5S/c1-13-8-5-7(16(4,11)12)6-9(14-2)10(8)15-3/h5-6H,1-4H3. The molecule has 0 amide bonds. The van der Waals surface area contributed by atoms with Crippen LogP contribution >= 0.6 is 0 Å². The third kappa shape index (κ3) is 2.38. The van der Waals surface area contributed by atoms with Crippen molar-refractivity contribution >= 4 is 9.84 Å². The minimum Gasteiger partial charge on any atom is -0.493 e. The predicted molar refractivity (Wildman–Crippen MR) is 59.2 cm³/mol. The number of ether oxygens (including phenoxy) is 3. The van der Waals surface area contributed by atoms with E-state index >= 15 is 0 Å². The molecule has 0 aliphatic rings. The lowest BCUT2D eigenvalue weighted by molar-refractivity contribution is 0.323. The lowest BCUT2D eigenvalue weighted by Crippen LogP contribution is -2.01. The fourth-order valence-electron chi connectivity index (χ4n) is 1.27. The molecule has 0 fully saturated rings. The number of sulfone groups is 1. The third-order valence-corrected chi connectivity index (χ3v) is 3.16. The van der Waals surface area contributed by atoms with Gasteiger partial charge >= 0.3 is 0 Å². The van der Waals surface area contributed by atoms with Crippen LogP contribution in [0, 0.1) is 0 Å². The van der Waals surface area contributed by atoms with E-state index in [1.807, 2.05) is 0 Å². The Bertz CT molecular complexity index is 453. The Balaban J connectivity index is 3.49. The minimum atomic E-state index is -3.31. The first-order valence-electron chi connectivity index (χ1n) is 4.44. The van der Waals surface area contributed by atoms with E-state index in [-0.39, 0.29) is 4.90 Å². The first kappa shape index (κ1) is 12.6. The van der Waals surface area contributed by atoms with Gasteiger partial charge in [0.15, 0.2) is 21.3 Å². The highest BCUT2D eigenvalue weighted by Gasteiger charge is 2.17. The van der Waals surface area contributed by atoms with Gasteiger partial charge in [-0.3, -0.25) is 0 Å². The molecule has 0 bridgehead atoms. The zero-order valence-corrected chi connectivity index (χ0v) is 10.4. The Hall–Kier alpha value is -1.43. The lowest BCUT2D eigenvalue weighted by atomic mass is 10.3. The number of benzene rings is 1. The van der Waals surface area contributed by atoms with Crippen LogP contribution in [0.3, 0.4) is 0 Å². The van der Waals surface area contributed by atoms with Crippen molar-refractivity contribution in [2.75, 3.05) is 27.6 Å². The van der Waals surface area contributed by atoms with Crippen LogP contribution in [0.15, 0.2) is 17.0 Å². The van der Waals surface area contributed by atoms with E-state index in [1.165, 1.54) is 33.5 Å². The summed E-state index contributed by atoms with van der Waals surface area (Å²) >= 11 is 0. The zero-order chi connectivity index (χ0) is 12.3. The molecule has 1 aromatic carbocycles. The highest BCUT2D eigenvalue weighted by molar-refractivity contribution is 7.90. The quantitative estimate of drug-likeness (QED) is 0.796. The normalized spacial score (nSPS) is 11.0. The van der Waals surface area contributed by atoms with Gasteiger partial charge in [-0.15, -0.1) is 0 Å². The van der Waals surface area contributed by atoms with Crippen molar-refractivity contribution in [2.24, 2.45) is 0 Å². The maximum absolute atomic E-state index is 11.4. The summed E-state index contributed by atoms with van der Waals surface area (Å²) in [6, 6.07) is 2.80. The average Bonchev–Trinajstić information content (AvgIpc) is 2.25. The first-order chi connectivity index (χ1) is 7.43. The highest BCUT2D eigenvalue weighted by Crippen LogP contribution is 2.39. The van der Waals surface area contributed by atoms with E-state index in [9.17, 15) is 8.42 Å². The molecule has 0 atom stereocenters. The summed E-state index contributed by atoms with van der Waals surface area (Å²) in [6.45, 7) is 0. The molecule has 90 valence electrons. The second-order valence-corrected chi connectivity index (χ2v) is 5.15. The van der Waals surface area contributed by atoms with Gasteiger partial charge in [0.1, 0.15) is 0 Å². The van der Waals surface area contributed by atoms with E-state index in [0.717, 1.165) is 6.26 Å². The van der Waals surface area contributed by atoms with Gasteiger partial charge < -0.3 is 14.2 Å². The number of hydrogen-bond acceptors (Lipinski definition) is 5. The van der Waals surface area contributed by atoms with E-state index in [2.05, 4.69) is 0 Å². The van der Waals surface area contributed by atoms with Crippen molar-refractivity contribution in [3.8, 4) is 17.2 Å². The summed E-state index contributed by atoms with van der Waals surface area (Å²) < 4.78 is 38.0. The molecule has 0 radical (unpaired) electrons. The fourth-order valence-corrected chi connectivity index (χ4v) is 1.91. The summed E-state index contributed by atoms with van der Waals surface area (Å²) in [5, 5.41) is 0. The molecule has 16 heavy (non-hydrogen) atoms. The Labute approximate surface area is 94.9 Å². The summed E-state index contributed by atoms with van der Waals surface area (Å²) in [6.07, 6.45) is 1.12. The molecule has 6 heteroatoms. The molecule has 0 N–H and O–H groups in total. The van der Waals surface area contributed by atoms with Gasteiger partial charge in [0.25, 0.3) is 0 Å². The van der Waals surface area contributed by atoms with E-state index < -0.39 is 9.84 Å². The van der Waals surface area contributed by atoms with Crippen LogP contribution in [0.4, 0.5) is 0 Å². The molecule has 0 aliphatic carbocycles. The van der Waals surface area contributed by atoms with Gasteiger partial charge in [-0.2, -0.15) is 0 Å². The van der Waals surface area contributed by atoms with Crippen LogP contribution in [0.5, 0.6) is 17.2 Å². The van der Waals surface area contributed by atoms with Crippen molar-refractivity contribution in [1.29, 1.82) is 0 Å². The molecule has 5 nitrogen and oxygen atoms in total. The number of methoxy groups -OCH3 is 3. The molecular formula is C10H14O5S. The minimum absolute atomic E-state index is 0.127. The SMILES string of the molecule is COc1cc(S(C)(=O)=O)cc(OC)c1OC. The lowest BCUT2D eigenvalue weighted by Gasteiger charge is -2.13. The fraction of sp³-hybridized carbons (Fsp3) is 0.400. The van der Waals surface area contributed by atoms with Crippen molar-refractivity contribution in [3.63, 3.8) is 0 Å². The molecule has 0 unspecified atom stereocenters. The average molecular weight is 246 g/mol. The van der Waals surface area contributed by atoms with Gasteiger partial charge in [-0.05, 0) is 0 Å². The molecule has 0 aliphatic heterocycles. The summed E-state index contributed by atoms with van der Waals surface area (Å²) in [4.78, 5) is 0.127. The van der Waals surface area contributed by atoms with E-state index in [0.29, 0.717) is 17.2 Å². The molecule has 0 aromatic heterocycles. The maximum atomic E-state index is 11.4. The second-order valence-electron chi connectivity index (χ2n) is 3.13. The zero-order valence-electron chi connectivity index (χ0n) is 9.60. The molecular weight excluding hydrogens is 232 g/mol. The van der Waals surface area contributed by atoms with E-state index in [4.69, 9.17) is 14.2 Å². The molecule has 0 saturated heterocycles. The van der Waals surface area contributed by atoms with Gasteiger partial charge in [-0.25, -0.2) is 8.42 Å². The Morgan fingerprint density at radius 2 is 1.38 bits per heavy atom. The molecule has 0 saturated carbocycles. The third-order valence-electron chi connectivity index (χ3n) is 2.07. The van der Waals surface area contributed by atoms with Crippen molar-refractivity contribution in [3.05, 3.63) is 12.1 Å². The van der Waals surface area contributed by atoms with Crippen molar-refractivity contribution in [2.45, 2.75) is 4.90 Å². The Morgan fingerprint density at radius 3 is 1.62 bits per heavy atom. The predicted octanol–water partition coefficient (Wildman–Crippen LogP) is 1.12. The topological polar surface area (TPSA) is 61.8 Å². The Morgan fingerprint density at radius 1 is 0.938 bits per heavy atom. The van der Waals surface area contributed by atoms with Crippen LogP contribution in [0.25, 0.3) is 0 Å². The highest BCUT2D eigenvalue weighted by atomic mass is 32.2. The summed E-state index contributed by atoms with van der Waals surface area (Å²) in [7, 11) is 1.02. The molecule has 1 aromatic rings. The van der Waals surface area contributed by atoms with Gasteiger partial charge in [0.2, 0.25) is 5.75 Å². The number of hydrogen-bond donors (Lipinski definition) is 0. The summed E-state index contributed by atoms with van der Waals surface area (Å²) in [5.74, 6) is 1.02. The van der Waals surface area contributed by atoms with Crippen LogP contribution in [0.2, 0.25) is 0 Å². The van der Waals surface area contributed by atoms with E-state index in [1.54, 1.807) is 0 Å². The Kier molecular flexibility index (Phi) is 3.64. The van der Waals surface area contributed by atoms with Gasteiger partial charge in [0.05, 0.1) is 26.2 Å². The largest absolute Gasteiger partial charge is 0.493 e. The van der Waals surface area contributed by atoms with Crippen LogP contribution in [-0.2, 0) is 9.84 Å². The first-order valence-corrected chi connectivity index (χ1v) is 6.33. The smallest absolute Gasteiger partial charge is 0.203 e. The summed E-state index contributed by atoms with van der Waals surface area (Å²) in [5.41, 5.74) is 0. The van der Waals surface area contributed by atoms with Crippen molar-refractivity contribution < 1.29 is 22.6 Å². The van der Waals surface area contributed by atoms with Crippen LogP contribution in [0.1, 0.15) is 0 Å². The van der Waals surface area contributed by atoms with Crippen molar-refractivity contribution in [1.82, 2.24) is 0 Å². The van der Waals surface area contributed by atoms with Crippen LogP contribution < -0.4 is 14.2 Å². The molecule has 0 spiro atoms. The second kappa shape index (κ2) is 4.61. The maximum Gasteiger partial charge on any atom is 0.203 e. The van der Waals surface area contributed by atoms with Gasteiger partial charge in [0, 0.05) is 18.4 Å². The van der Waals surface area contributed by atoms with Crippen LogP contribution in [-0.4, -0.2) is 36.0 Å². The molecule has 1 rings (SSSR count).